The summed E-state index contributed by atoms with van der Waals surface area (Å²) in [5, 5.41) is 0. The molecule has 7 aliphatic rings. The average molecular weight is 296 g/mol. The van der Waals surface area contributed by atoms with Crippen molar-refractivity contribution in [1.29, 1.82) is 0 Å². The third-order valence-electron chi connectivity index (χ3n) is 9.21. The van der Waals surface area contributed by atoms with E-state index in [1.807, 2.05) is 0 Å². The van der Waals surface area contributed by atoms with Crippen molar-refractivity contribution >= 4 is 0 Å². The summed E-state index contributed by atoms with van der Waals surface area (Å²) in [6.07, 6.45) is 13.5. The lowest BCUT2D eigenvalue weighted by molar-refractivity contribution is -0.152. The normalized spacial score (nSPS) is 66.4. The molecule has 10 atom stereocenters. The molecule has 7 rings (SSSR count). The molecule has 118 valence electrons. The van der Waals surface area contributed by atoms with Crippen LogP contribution < -0.4 is 10.9 Å². The Kier molecular flexibility index (Phi) is 2.16. The van der Waals surface area contributed by atoms with Gasteiger partial charge in [0.25, 0.3) is 0 Å². The Hall–Kier alpha value is -0.600. The number of hydrogen-bond donors (Lipinski definition) is 2. The predicted molar refractivity (Wildman–Crippen MR) is 87.7 cm³/mol. The molecule has 0 aromatic carbocycles. The van der Waals surface area contributed by atoms with Crippen molar-refractivity contribution in [3.8, 4) is 0 Å². The maximum absolute atomic E-state index is 4.36. The first kappa shape index (κ1) is 12.8. The van der Waals surface area contributed by atoms with Crippen LogP contribution >= 0.6 is 0 Å². The Labute approximate surface area is 133 Å². The Bertz CT molecular complexity index is 484. The first-order valence-electron chi connectivity index (χ1n) is 9.56. The molecule has 2 saturated heterocycles. The molecule has 0 aromatic heterocycles. The lowest BCUT2D eigenvalue weighted by Gasteiger charge is -2.70. The number of hydrazine groups is 1. The van der Waals surface area contributed by atoms with E-state index in [9.17, 15) is 0 Å². The van der Waals surface area contributed by atoms with E-state index >= 15 is 0 Å². The molecular weight excluding hydrogens is 268 g/mol. The van der Waals surface area contributed by atoms with E-state index in [0.717, 1.165) is 47.3 Å². The van der Waals surface area contributed by atoms with Crippen molar-refractivity contribution < 1.29 is 0 Å². The van der Waals surface area contributed by atoms with Gasteiger partial charge in [-0.05, 0) is 85.9 Å². The first-order valence-corrected chi connectivity index (χ1v) is 9.56. The zero-order chi connectivity index (χ0) is 14.7. The number of fused-ring (bicyclic) bond motifs is 5. The third kappa shape index (κ3) is 1.07. The second-order valence-corrected chi connectivity index (χ2v) is 9.29. The van der Waals surface area contributed by atoms with Crippen LogP contribution in [0.5, 0.6) is 0 Å². The van der Waals surface area contributed by atoms with Crippen LogP contribution in [0.1, 0.15) is 38.5 Å². The lowest BCUT2D eigenvalue weighted by atomic mass is 9.43. The quantitative estimate of drug-likeness (QED) is 0.764. The largest absolute Gasteiger partial charge is 0.246 e. The molecule has 5 aliphatic carbocycles. The van der Waals surface area contributed by atoms with Gasteiger partial charge in [-0.1, -0.05) is 12.2 Å². The summed E-state index contributed by atoms with van der Waals surface area (Å²) in [4.78, 5) is 0. The molecule has 2 aliphatic heterocycles. The minimum Gasteiger partial charge on any atom is -0.246 e. The van der Waals surface area contributed by atoms with Crippen molar-refractivity contribution in [2.24, 2.45) is 47.3 Å². The molecule has 6 bridgehead atoms. The van der Waals surface area contributed by atoms with Crippen LogP contribution in [-0.4, -0.2) is 11.1 Å². The molecule has 7 fully saturated rings. The first-order chi connectivity index (χ1) is 10.7. The van der Waals surface area contributed by atoms with Crippen molar-refractivity contribution in [3.63, 3.8) is 0 Å². The molecule has 0 aromatic rings. The topological polar surface area (TPSA) is 24.1 Å². The van der Waals surface area contributed by atoms with Crippen molar-refractivity contribution in [2.45, 2.75) is 49.6 Å². The summed E-state index contributed by atoms with van der Waals surface area (Å²) in [5.41, 5.74) is 8.03. The van der Waals surface area contributed by atoms with Gasteiger partial charge in [0.05, 0.1) is 11.1 Å². The SMILES string of the molecule is C=CC12NNC(C=C)([C@@H]3[C@H]4CC[C@H](C4)[C@@H]31)[C@H]1[C@@H]3CC[C@@H](C3)[C@H]12. The molecule has 22 heavy (non-hydrogen) atoms. The molecule has 2 heteroatoms. The van der Waals surface area contributed by atoms with E-state index in [-0.39, 0.29) is 11.1 Å². The zero-order valence-electron chi connectivity index (χ0n) is 13.4. The minimum absolute atomic E-state index is 0.166. The average Bonchev–Trinajstić information content (AvgIpc) is 3.34. The molecule has 5 saturated carbocycles. The third-order valence-corrected chi connectivity index (χ3v) is 9.21. The van der Waals surface area contributed by atoms with E-state index in [1.165, 1.54) is 38.5 Å². The van der Waals surface area contributed by atoms with Gasteiger partial charge in [-0.2, -0.15) is 0 Å². The fourth-order valence-corrected chi connectivity index (χ4v) is 8.97. The summed E-state index contributed by atoms with van der Waals surface area (Å²) in [5.74, 6) is 6.97. The minimum atomic E-state index is 0.166. The molecule has 0 radical (unpaired) electrons. The van der Waals surface area contributed by atoms with Gasteiger partial charge in [0.1, 0.15) is 0 Å². The van der Waals surface area contributed by atoms with Crippen molar-refractivity contribution in [3.05, 3.63) is 25.3 Å². The molecule has 2 unspecified atom stereocenters. The van der Waals surface area contributed by atoms with Gasteiger partial charge in [0.2, 0.25) is 0 Å². The van der Waals surface area contributed by atoms with Gasteiger partial charge < -0.3 is 0 Å². The lowest BCUT2D eigenvalue weighted by Crippen LogP contribution is -2.84. The van der Waals surface area contributed by atoms with Crippen molar-refractivity contribution in [2.75, 3.05) is 0 Å². The van der Waals surface area contributed by atoms with E-state index in [2.05, 4.69) is 36.2 Å². The van der Waals surface area contributed by atoms with Crippen LogP contribution in [0.25, 0.3) is 0 Å². The van der Waals surface area contributed by atoms with Crippen LogP contribution in [0.15, 0.2) is 25.3 Å². The molecule has 2 N–H and O–H groups in total. The Morgan fingerprint density at radius 2 is 0.955 bits per heavy atom. The number of nitrogens with one attached hydrogen (secondary N) is 2. The molecule has 0 amide bonds. The smallest absolute Gasteiger partial charge is 0.0569 e. The van der Waals surface area contributed by atoms with Gasteiger partial charge in [-0.15, -0.1) is 13.2 Å². The van der Waals surface area contributed by atoms with E-state index in [1.54, 1.807) is 0 Å². The highest BCUT2D eigenvalue weighted by atomic mass is 15.5. The van der Waals surface area contributed by atoms with Crippen molar-refractivity contribution in [1.82, 2.24) is 10.9 Å². The maximum Gasteiger partial charge on any atom is 0.0569 e. The van der Waals surface area contributed by atoms with E-state index in [0.29, 0.717) is 0 Å². The molecule has 2 nitrogen and oxygen atoms in total. The van der Waals surface area contributed by atoms with Gasteiger partial charge in [-0.25, -0.2) is 10.9 Å². The number of rotatable bonds is 2. The zero-order valence-corrected chi connectivity index (χ0v) is 13.4. The van der Waals surface area contributed by atoms with E-state index in [4.69, 9.17) is 0 Å². The monoisotopic (exact) mass is 296 g/mol. The highest BCUT2D eigenvalue weighted by molar-refractivity contribution is 5.36. The van der Waals surface area contributed by atoms with Gasteiger partial charge in [-0.3, -0.25) is 0 Å². The Morgan fingerprint density at radius 1 is 0.636 bits per heavy atom. The van der Waals surface area contributed by atoms with Crippen LogP contribution in [0.2, 0.25) is 0 Å². The summed E-state index contributed by atoms with van der Waals surface area (Å²) in [6.45, 7) is 8.72. The second kappa shape index (κ2) is 3.72. The Balaban J connectivity index is 1.60. The molecular formula is C20H28N2. The highest BCUT2D eigenvalue weighted by Gasteiger charge is 2.77. The van der Waals surface area contributed by atoms with Crippen LogP contribution in [-0.2, 0) is 0 Å². The number of hydrogen-bond acceptors (Lipinski definition) is 2. The summed E-state index contributed by atoms with van der Waals surface area (Å²) < 4.78 is 0. The summed E-state index contributed by atoms with van der Waals surface area (Å²) in [6, 6.07) is 0. The second-order valence-electron chi connectivity index (χ2n) is 9.29. The summed E-state index contributed by atoms with van der Waals surface area (Å²) >= 11 is 0. The predicted octanol–water partition coefficient (Wildman–Crippen LogP) is 3.28. The fraction of sp³-hybridized carbons (Fsp3) is 0.800. The summed E-state index contributed by atoms with van der Waals surface area (Å²) in [7, 11) is 0. The highest BCUT2D eigenvalue weighted by Crippen LogP contribution is 2.73. The van der Waals surface area contributed by atoms with Crippen LogP contribution in [0.3, 0.4) is 0 Å². The van der Waals surface area contributed by atoms with E-state index < -0.39 is 0 Å². The van der Waals surface area contributed by atoms with Crippen LogP contribution in [0.4, 0.5) is 0 Å². The maximum atomic E-state index is 4.36. The fourth-order valence-electron chi connectivity index (χ4n) is 8.97. The van der Waals surface area contributed by atoms with Gasteiger partial charge >= 0.3 is 0 Å². The molecule has 0 spiro atoms. The Morgan fingerprint density at radius 3 is 1.23 bits per heavy atom. The molecule has 2 heterocycles. The van der Waals surface area contributed by atoms with Gasteiger partial charge in [0.15, 0.2) is 0 Å². The van der Waals surface area contributed by atoms with Gasteiger partial charge in [0, 0.05) is 0 Å². The standard InChI is InChI=1S/C20H28N2/c1-3-19-15-11-5-7-13(9-11)17(15)20(4-2,22-21-19)18-14-8-6-12(10-14)16(18)19/h3-4,11-18,21-22H,1-2,5-10H2/t11-,12+,13+,14-,15+,16-,17-,18+,19?,20?. The van der Waals surface area contributed by atoms with Crippen LogP contribution in [0, 0.1) is 47.3 Å².